The number of fused-ring (bicyclic) bond motifs is 6. The van der Waals surface area contributed by atoms with Crippen LogP contribution in [0.15, 0.2) is 22.9 Å². The molecule has 5 heterocycles. The van der Waals surface area contributed by atoms with E-state index < -0.39 is 0 Å². The van der Waals surface area contributed by atoms with Crippen molar-refractivity contribution < 1.29 is 14.1 Å². The summed E-state index contributed by atoms with van der Waals surface area (Å²) in [5.41, 5.74) is 4.18. The van der Waals surface area contributed by atoms with Crippen LogP contribution in [-0.2, 0) is 17.6 Å². The molecule has 2 atom stereocenters. The van der Waals surface area contributed by atoms with Crippen LogP contribution in [0, 0.1) is 6.92 Å². The van der Waals surface area contributed by atoms with Crippen molar-refractivity contribution in [1.29, 1.82) is 0 Å². The predicted octanol–water partition coefficient (Wildman–Crippen LogP) is 2.65. The van der Waals surface area contributed by atoms with Crippen LogP contribution in [-0.4, -0.2) is 43.2 Å². The Morgan fingerprint density at radius 3 is 3.11 bits per heavy atom. The van der Waals surface area contributed by atoms with E-state index in [-0.39, 0.29) is 18.0 Å². The number of amides is 1. The summed E-state index contributed by atoms with van der Waals surface area (Å²) < 4.78 is 12.5. The van der Waals surface area contributed by atoms with Gasteiger partial charge in [0.05, 0.1) is 24.0 Å². The molecule has 2 aliphatic rings. The van der Waals surface area contributed by atoms with Crippen molar-refractivity contribution in [2.24, 2.45) is 0 Å². The maximum absolute atomic E-state index is 13.0. The van der Waals surface area contributed by atoms with Gasteiger partial charge in [0, 0.05) is 49.2 Å². The molecular formula is C20H23N5O3. The predicted molar refractivity (Wildman–Crippen MR) is 100 cm³/mol. The SMILES string of the molecule is CCOc1cc(CCC(=O)N2[C@@H]3CC[C@@H]2c2cnc4cc(C)nn4c2C3)on1. The minimum Gasteiger partial charge on any atom is -0.476 e. The van der Waals surface area contributed by atoms with Gasteiger partial charge in [-0.05, 0) is 31.8 Å². The van der Waals surface area contributed by atoms with E-state index in [1.54, 1.807) is 6.07 Å². The Labute approximate surface area is 162 Å². The van der Waals surface area contributed by atoms with Crippen LogP contribution in [0.4, 0.5) is 0 Å². The molecule has 146 valence electrons. The number of nitrogens with zero attached hydrogens (tertiary/aromatic N) is 5. The molecule has 0 saturated carbocycles. The van der Waals surface area contributed by atoms with Gasteiger partial charge in [-0.1, -0.05) is 0 Å². The Hall–Kier alpha value is -2.90. The van der Waals surface area contributed by atoms with Crippen molar-refractivity contribution in [2.45, 2.75) is 58.0 Å². The highest BCUT2D eigenvalue weighted by molar-refractivity contribution is 5.78. The van der Waals surface area contributed by atoms with Gasteiger partial charge in [0.2, 0.25) is 5.91 Å². The monoisotopic (exact) mass is 381 g/mol. The molecule has 0 aliphatic carbocycles. The van der Waals surface area contributed by atoms with E-state index in [9.17, 15) is 4.79 Å². The van der Waals surface area contributed by atoms with E-state index in [0.29, 0.717) is 31.1 Å². The molecule has 0 N–H and O–H groups in total. The number of aryl methyl sites for hydroxylation is 2. The second-order valence-electron chi connectivity index (χ2n) is 7.53. The second kappa shape index (κ2) is 6.61. The van der Waals surface area contributed by atoms with Gasteiger partial charge in [-0.3, -0.25) is 4.79 Å². The smallest absolute Gasteiger partial charge is 0.254 e. The molecule has 3 aromatic rings. The van der Waals surface area contributed by atoms with Crippen LogP contribution < -0.4 is 4.74 Å². The fourth-order valence-electron chi connectivity index (χ4n) is 4.57. The summed E-state index contributed by atoms with van der Waals surface area (Å²) in [5.74, 6) is 1.31. The van der Waals surface area contributed by atoms with Gasteiger partial charge in [-0.25, -0.2) is 9.50 Å². The van der Waals surface area contributed by atoms with Crippen molar-refractivity contribution in [1.82, 2.24) is 24.7 Å². The zero-order valence-corrected chi connectivity index (χ0v) is 16.1. The van der Waals surface area contributed by atoms with E-state index in [0.717, 1.165) is 36.2 Å². The first-order valence-corrected chi connectivity index (χ1v) is 9.87. The summed E-state index contributed by atoms with van der Waals surface area (Å²) in [6, 6.07) is 4.08. The average Bonchev–Trinajstić information content (AvgIpc) is 3.37. The number of aromatic nitrogens is 4. The minimum atomic E-state index is 0.0939. The topological polar surface area (TPSA) is 85.8 Å². The van der Waals surface area contributed by atoms with Gasteiger partial charge < -0.3 is 14.2 Å². The second-order valence-corrected chi connectivity index (χ2v) is 7.53. The first-order chi connectivity index (χ1) is 13.6. The molecule has 3 aromatic heterocycles. The molecule has 1 amide bonds. The number of carbonyl (C=O) groups excluding carboxylic acids is 1. The van der Waals surface area contributed by atoms with E-state index in [2.05, 4.69) is 20.1 Å². The van der Waals surface area contributed by atoms with E-state index >= 15 is 0 Å². The molecule has 8 heteroatoms. The zero-order chi connectivity index (χ0) is 19.3. The number of rotatable bonds is 5. The van der Waals surface area contributed by atoms with Gasteiger partial charge >= 0.3 is 0 Å². The summed E-state index contributed by atoms with van der Waals surface area (Å²) in [6.45, 7) is 4.42. The molecular weight excluding hydrogens is 358 g/mol. The average molecular weight is 381 g/mol. The quantitative estimate of drug-likeness (QED) is 0.675. The molecule has 0 spiro atoms. The summed E-state index contributed by atoms with van der Waals surface area (Å²) in [6.07, 6.45) is 5.69. The maximum Gasteiger partial charge on any atom is 0.254 e. The van der Waals surface area contributed by atoms with Crippen molar-refractivity contribution in [3.8, 4) is 5.88 Å². The largest absolute Gasteiger partial charge is 0.476 e. The molecule has 1 saturated heterocycles. The van der Waals surface area contributed by atoms with Crippen molar-refractivity contribution in [3.05, 3.63) is 41.0 Å². The first kappa shape index (κ1) is 17.2. The Bertz CT molecular complexity index is 1040. The highest BCUT2D eigenvalue weighted by atomic mass is 16.5. The lowest BCUT2D eigenvalue weighted by molar-refractivity contribution is -0.134. The lowest BCUT2D eigenvalue weighted by atomic mass is 9.98. The van der Waals surface area contributed by atoms with Crippen molar-refractivity contribution in [3.63, 3.8) is 0 Å². The maximum atomic E-state index is 13.0. The van der Waals surface area contributed by atoms with Gasteiger partial charge in [0.15, 0.2) is 5.65 Å². The van der Waals surface area contributed by atoms with Crippen LogP contribution in [0.2, 0.25) is 0 Å². The van der Waals surface area contributed by atoms with Gasteiger partial charge in [-0.15, -0.1) is 0 Å². The van der Waals surface area contributed by atoms with Crippen LogP contribution in [0.3, 0.4) is 0 Å². The van der Waals surface area contributed by atoms with Crippen molar-refractivity contribution >= 4 is 11.6 Å². The molecule has 2 aliphatic heterocycles. The molecule has 28 heavy (non-hydrogen) atoms. The third kappa shape index (κ3) is 2.75. The molecule has 5 rings (SSSR count). The first-order valence-electron chi connectivity index (χ1n) is 9.87. The Balaban J connectivity index is 1.35. The molecule has 0 aromatic carbocycles. The highest BCUT2D eigenvalue weighted by Gasteiger charge is 2.43. The Kier molecular flexibility index (Phi) is 4.07. The standard InChI is InChI=1S/C20H23N5O3/c1-3-27-19-10-14(28-23-19)5-7-20(26)24-13-4-6-16(24)15-11-21-18-8-12(2)22-25(18)17(15)9-13/h8,10-11,13,16H,3-7,9H2,1-2H3/t13-,16-/m1/s1. The normalized spacial score (nSPS) is 20.6. The van der Waals surface area contributed by atoms with Gasteiger partial charge in [0.25, 0.3) is 5.88 Å². The third-order valence-electron chi connectivity index (χ3n) is 5.73. The van der Waals surface area contributed by atoms with E-state index in [1.807, 2.05) is 30.6 Å². The van der Waals surface area contributed by atoms with Crippen LogP contribution in [0.1, 0.15) is 54.9 Å². The van der Waals surface area contributed by atoms with E-state index in [1.165, 1.54) is 5.69 Å². The lowest BCUT2D eigenvalue weighted by Crippen LogP contribution is -2.42. The summed E-state index contributed by atoms with van der Waals surface area (Å²) in [7, 11) is 0. The minimum absolute atomic E-state index is 0.0939. The number of ether oxygens (including phenoxy) is 1. The summed E-state index contributed by atoms with van der Waals surface area (Å²) in [5, 5.41) is 8.47. The highest BCUT2D eigenvalue weighted by Crippen LogP contribution is 2.43. The van der Waals surface area contributed by atoms with Crippen LogP contribution >= 0.6 is 0 Å². The lowest BCUT2D eigenvalue weighted by Gasteiger charge is -2.36. The number of hydrogen-bond donors (Lipinski definition) is 0. The summed E-state index contributed by atoms with van der Waals surface area (Å²) >= 11 is 0. The third-order valence-corrected chi connectivity index (χ3v) is 5.73. The van der Waals surface area contributed by atoms with Crippen molar-refractivity contribution in [2.75, 3.05) is 6.61 Å². The molecule has 0 radical (unpaired) electrons. The van der Waals surface area contributed by atoms with E-state index in [4.69, 9.17) is 9.26 Å². The number of hydrogen-bond acceptors (Lipinski definition) is 6. The van der Waals surface area contributed by atoms with Gasteiger partial charge in [-0.2, -0.15) is 5.10 Å². The van der Waals surface area contributed by atoms with Crippen LogP contribution in [0.25, 0.3) is 5.65 Å². The zero-order valence-electron chi connectivity index (χ0n) is 16.1. The number of carbonyl (C=O) groups is 1. The Morgan fingerprint density at radius 2 is 2.25 bits per heavy atom. The fourth-order valence-corrected chi connectivity index (χ4v) is 4.57. The van der Waals surface area contributed by atoms with Crippen LogP contribution in [0.5, 0.6) is 5.88 Å². The van der Waals surface area contributed by atoms with Gasteiger partial charge in [0.1, 0.15) is 5.76 Å². The molecule has 8 nitrogen and oxygen atoms in total. The molecule has 2 bridgehead atoms. The molecule has 0 unspecified atom stereocenters. The summed E-state index contributed by atoms with van der Waals surface area (Å²) in [4.78, 5) is 19.7. The fraction of sp³-hybridized carbons (Fsp3) is 0.500. The molecule has 1 fully saturated rings. The Morgan fingerprint density at radius 1 is 1.36 bits per heavy atom.